The summed E-state index contributed by atoms with van der Waals surface area (Å²) in [6, 6.07) is 4.15. The van der Waals surface area contributed by atoms with Gasteiger partial charge in [-0.25, -0.2) is 0 Å². The fraction of sp³-hybridized carbons (Fsp3) is 0.400. The Morgan fingerprint density at radius 2 is 1.89 bits per heavy atom. The normalized spacial score (nSPS) is 14.5. The minimum absolute atomic E-state index is 0.935. The predicted octanol–water partition coefficient (Wildman–Crippen LogP) is 5.07. The summed E-state index contributed by atoms with van der Waals surface area (Å²) in [6.07, 6.45) is 4.76. The number of nitrogens with zero attached hydrogens (tertiary/aromatic N) is 1. The number of halogens is 2. The van der Waals surface area contributed by atoms with E-state index < -0.39 is 0 Å². The van der Waals surface area contributed by atoms with Crippen molar-refractivity contribution in [3.8, 4) is 0 Å². The number of rotatable bonds is 2. The number of anilines is 1. The number of pyridine rings is 1. The molecule has 0 atom stereocenters. The average Bonchev–Trinajstić information content (AvgIpc) is 2.43. The van der Waals surface area contributed by atoms with Crippen LogP contribution in [0.3, 0.4) is 0 Å². The molecule has 1 aromatic carbocycles. The lowest BCUT2D eigenvalue weighted by molar-refractivity contribution is 0.672. The molecule has 1 N–H and O–H groups in total. The van der Waals surface area contributed by atoms with Gasteiger partial charge in [0.05, 0.1) is 5.52 Å². The monoisotopic (exact) mass is 382 g/mol. The van der Waals surface area contributed by atoms with Crippen molar-refractivity contribution in [1.29, 1.82) is 0 Å². The second-order valence-electron chi connectivity index (χ2n) is 4.90. The van der Waals surface area contributed by atoms with Gasteiger partial charge in [0.2, 0.25) is 0 Å². The first-order valence-corrected chi connectivity index (χ1v) is 8.34. The van der Waals surface area contributed by atoms with Gasteiger partial charge in [0.15, 0.2) is 0 Å². The maximum atomic E-state index is 4.90. The summed E-state index contributed by atoms with van der Waals surface area (Å²) in [5.41, 5.74) is 5.02. The lowest BCUT2D eigenvalue weighted by atomic mass is 9.92. The van der Waals surface area contributed by atoms with E-state index in [1.54, 1.807) is 0 Å². The third kappa shape index (κ3) is 2.29. The van der Waals surface area contributed by atoms with Crippen LogP contribution >= 0.6 is 31.9 Å². The Labute approximate surface area is 130 Å². The number of fused-ring (bicyclic) bond motifs is 2. The van der Waals surface area contributed by atoms with Gasteiger partial charge in [0.1, 0.15) is 0 Å². The summed E-state index contributed by atoms with van der Waals surface area (Å²) in [7, 11) is 0. The van der Waals surface area contributed by atoms with Gasteiger partial charge < -0.3 is 5.32 Å². The van der Waals surface area contributed by atoms with Gasteiger partial charge in [-0.05, 0) is 66.2 Å². The third-order valence-corrected chi connectivity index (χ3v) is 4.97. The molecule has 100 valence electrons. The molecular weight excluding hydrogens is 368 g/mol. The molecule has 1 aliphatic rings. The van der Waals surface area contributed by atoms with Crippen molar-refractivity contribution in [1.82, 2.24) is 4.98 Å². The van der Waals surface area contributed by atoms with Crippen LogP contribution in [-0.4, -0.2) is 11.5 Å². The van der Waals surface area contributed by atoms with E-state index in [2.05, 4.69) is 56.2 Å². The highest BCUT2D eigenvalue weighted by atomic mass is 79.9. The van der Waals surface area contributed by atoms with E-state index >= 15 is 0 Å². The molecule has 0 spiro atoms. The molecule has 0 saturated carbocycles. The van der Waals surface area contributed by atoms with Crippen LogP contribution in [0.2, 0.25) is 0 Å². The first-order valence-electron chi connectivity index (χ1n) is 6.75. The molecule has 0 unspecified atom stereocenters. The van der Waals surface area contributed by atoms with Gasteiger partial charge in [0.25, 0.3) is 0 Å². The minimum Gasteiger partial charge on any atom is -0.384 e. The van der Waals surface area contributed by atoms with E-state index in [1.165, 1.54) is 35.2 Å². The second kappa shape index (κ2) is 5.41. The summed E-state index contributed by atoms with van der Waals surface area (Å²) < 4.78 is 2.18. The Morgan fingerprint density at radius 3 is 2.68 bits per heavy atom. The molecule has 1 heterocycles. The van der Waals surface area contributed by atoms with Crippen LogP contribution in [0.4, 0.5) is 5.69 Å². The van der Waals surface area contributed by atoms with Crippen molar-refractivity contribution in [3.63, 3.8) is 0 Å². The molecule has 0 bridgehead atoms. The first kappa shape index (κ1) is 13.4. The van der Waals surface area contributed by atoms with Crippen LogP contribution < -0.4 is 5.32 Å². The molecule has 1 aromatic heterocycles. The molecule has 0 radical (unpaired) electrons. The van der Waals surface area contributed by atoms with Crippen LogP contribution in [0.15, 0.2) is 21.1 Å². The van der Waals surface area contributed by atoms with Crippen molar-refractivity contribution >= 4 is 48.5 Å². The molecule has 0 aliphatic heterocycles. The second-order valence-corrected chi connectivity index (χ2v) is 6.61. The van der Waals surface area contributed by atoms with Crippen molar-refractivity contribution in [3.05, 3.63) is 32.3 Å². The Kier molecular flexibility index (Phi) is 3.81. The van der Waals surface area contributed by atoms with E-state index in [0.29, 0.717) is 0 Å². The summed E-state index contributed by atoms with van der Waals surface area (Å²) >= 11 is 7.31. The van der Waals surface area contributed by atoms with Gasteiger partial charge in [-0.1, -0.05) is 15.9 Å². The molecule has 1 aliphatic carbocycles. The van der Waals surface area contributed by atoms with E-state index in [0.717, 1.165) is 33.8 Å². The van der Waals surface area contributed by atoms with Gasteiger partial charge in [0, 0.05) is 32.3 Å². The number of aromatic nitrogens is 1. The van der Waals surface area contributed by atoms with Crippen LogP contribution in [0, 0.1) is 0 Å². The summed E-state index contributed by atoms with van der Waals surface area (Å²) in [5, 5.41) is 4.76. The zero-order valence-corrected chi connectivity index (χ0v) is 14.1. The fourth-order valence-electron chi connectivity index (χ4n) is 2.83. The fourth-order valence-corrected chi connectivity index (χ4v) is 3.77. The van der Waals surface area contributed by atoms with Gasteiger partial charge >= 0.3 is 0 Å². The maximum Gasteiger partial charge on any atom is 0.0879 e. The Balaban J connectivity index is 2.39. The SMILES string of the molecule is CCNc1c2c(nc3c(Br)ccc(Br)c13)CCCC2. The van der Waals surface area contributed by atoms with Crippen LogP contribution in [0.1, 0.15) is 31.0 Å². The molecule has 4 heteroatoms. The number of nitrogens with one attached hydrogen (secondary N) is 1. The van der Waals surface area contributed by atoms with Crippen molar-refractivity contribution < 1.29 is 0 Å². The molecule has 2 nitrogen and oxygen atoms in total. The van der Waals surface area contributed by atoms with E-state index in [9.17, 15) is 0 Å². The van der Waals surface area contributed by atoms with Gasteiger partial charge in [-0.2, -0.15) is 0 Å². The molecule has 19 heavy (non-hydrogen) atoms. The molecule has 2 aromatic rings. The van der Waals surface area contributed by atoms with E-state index in [-0.39, 0.29) is 0 Å². The Hall–Kier alpha value is -0.610. The predicted molar refractivity (Wildman–Crippen MR) is 87.9 cm³/mol. The highest BCUT2D eigenvalue weighted by Gasteiger charge is 2.20. The van der Waals surface area contributed by atoms with Crippen LogP contribution in [0.25, 0.3) is 10.9 Å². The summed E-state index contributed by atoms with van der Waals surface area (Å²) in [4.78, 5) is 4.90. The quantitative estimate of drug-likeness (QED) is 0.782. The molecular formula is C15H16Br2N2. The summed E-state index contributed by atoms with van der Waals surface area (Å²) in [6.45, 7) is 3.08. The maximum absolute atomic E-state index is 4.90. The Bertz CT molecular complexity index is 638. The number of aryl methyl sites for hydroxylation is 1. The molecule has 0 saturated heterocycles. The summed E-state index contributed by atoms with van der Waals surface area (Å²) in [5.74, 6) is 0. The van der Waals surface area contributed by atoms with Crippen LogP contribution in [0.5, 0.6) is 0 Å². The number of benzene rings is 1. The van der Waals surface area contributed by atoms with Gasteiger partial charge in [-0.3, -0.25) is 4.98 Å². The van der Waals surface area contributed by atoms with Crippen molar-refractivity contribution in [2.75, 3.05) is 11.9 Å². The van der Waals surface area contributed by atoms with Crippen LogP contribution in [-0.2, 0) is 12.8 Å². The largest absolute Gasteiger partial charge is 0.384 e. The third-order valence-electron chi connectivity index (χ3n) is 3.67. The lowest BCUT2D eigenvalue weighted by Crippen LogP contribution is -2.11. The standard InChI is InChI=1S/C15H16Br2N2/c1-2-18-14-9-5-3-4-6-12(9)19-15-11(17)8-7-10(16)13(14)15/h7-8H,2-6H2,1H3,(H,18,19). The average molecular weight is 384 g/mol. The highest BCUT2D eigenvalue weighted by molar-refractivity contribution is 9.11. The minimum atomic E-state index is 0.935. The zero-order chi connectivity index (χ0) is 13.4. The van der Waals surface area contributed by atoms with E-state index in [4.69, 9.17) is 4.98 Å². The number of hydrogen-bond donors (Lipinski definition) is 1. The zero-order valence-electron chi connectivity index (χ0n) is 10.9. The van der Waals surface area contributed by atoms with Crippen molar-refractivity contribution in [2.45, 2.75) is 32.6 Å². The molecule has 0 amide bonds. The first-order chi connectivity index (χ1) is 9.22. The van der Waals surface area contributed by atoms with Gasteiger partial charge in [-0.15, -0.1) is 0 Å². The Morgan fingerprint density at radius 1 is 1.16 bits per heavy atom. The highest BCUT2D eigenvalue weighted by Crippen LogP contribution is 2.39. The lowest BCUT2D eigenvalue weighted by Gasteiger charge is -2.22. The molecule has 0 fully saturated rings. The smallest absolute Gasteiger partial charge is 0.0879 e. The topological polar surface area (TPSA) is 24.9 Å². The van der Waals surface area contributed by atoms with E-state index in [1.807, 2.05) is 0 Å². The van der Waals surface area contributed by atoms with Crippen molar-refractivity contribution in [2.24, 2.45) is 0 Å². The number of hydrogen-bond acceptors (Lipinski definition) is 2. The molecule has 3 rings (SSSR count).